The van der Waals surface area contributed by atoms with Crippen LogP contribution in [0.5, 0.6) is 0 Å². The molecule has 0 radical (unpaired) electrons. The third kappa shape index (κ3) is 4.56. The highest BCUT2D eigenvalue weighted by Crippen LogP contribution is 2.59. The lowest BCUT2D eigenvalue weighted by atomic mass is 9.68. The van der Waals surface area contributed by atoms with E-state index in [4.69, 9.17) is 26.0 Å². The molecule has 1 aliphatic rings. The summed E-state index contributed by atoms with van der Waals surface area (Å²) in [6, 6.07) is -42.0. The normalized spacial score (nSPS) is 22.2. The van der Waals surface area contributed by atoms with Crippen LogP contribution in [0.1, 0.15) is 70.2 Å². The first-order valence-electron chi connectivity index (χ1n) is 32.7. The third-order valence-corrected chi connectivity index (χ3v) is 8.43. The lowest BCUT2D eigenvalue weighted by molar-refractivity contribution is 0.768. The molecular formula is C51H35N. The van der Waals surface area contributed by atoms with Crippen molar-refractivity contribution in [3.63, 3.8) is 0 Å². The number of hydrogen-bond donors (Lipinski definition) is 0. The van der Waals surface area contributed by atoms with E-state index in [0.29, 0.717) is 4.90 Å². The summed E-state index contributed by atoms with van der Waals surface area (Å²) in [5, 5.41) is -3.38. The summed E-state index contributed by atoms with van der Waals surface area (Å²) in [5.41, 5.74) is -16.1. The van der Waals surface area contributed by atoms with Crippen molar-refractivity contribution >= 4 is 38.6 Å². The van der Waals surface area contributed by atoms with E-state index >= 15 is 0 Å². The molecule has 0 saturated heterocycles. The molecule has 0 spiro atoms. The van der Waals surface area contributed by atoms with Gasteiger partial charge < -0.3 is 4.90 Å². The zero-order valence-corrected chi connectivity index (χ0v) is 25.9. The van der Waals surface area contributed by atoms with Crippen molar-refractivity contribution in [1.82, 2.24) is 0 Å². The van der Waals surface area contributed by atoms with Crippen molar-refractivity contribution in [3.8, 4) is 22.3 Å². The van der Waals surface area contributed by atoms with E-state index in [1.807, 2.05) is 0 Å². The zero-order valence-electron chi connectivity index (χ0n) is 60.9. The minimum Gasteiger partial charge on any atom is -0.309 e. The van der Waals surface area contributed by atoms with Gasteiger partial charge in [0.1, 0.15) is 0 Å². The monoisotopic (exact) mass is 696 g/mol. The smallest absolute Gasteiger partial charge is 0.0714 e. The Morgan fingerprint density at radius 3 is 1.60 bits per heavy atom. The number of fused-ring (bicyclic) bond motifs is 5. The van der Waals surface area contributed by atoms with Crippen LogP contribution in [0.15, 0.2) is 211 Å². The van der Waals surface area contributed by atoms with Crippen molar-refractivity contribution in [2.75, 3.05) is 4.90 Å². The molecule has 1 nitrogen and oxygen atoms in total. The van der Waals surface area contributed by atoms with Crippen LogP contribution in [0.25, 0.3) is 43.8 Å². The third-order valence-electron chi connectivity index (χ3n) is 8.43. The van der Waals surface area contributed by atoms with Crippen LogP contribution in [0.4, 0.5) is 17.1 Å². The second kappa shape index (κ2) is 12.3. The average Bonchev–Trinajstić information content (AvgIpc) is 1.54. The first kappa shape index (κ1) is 11.1. The van der Waals surface area contributed by atoms with Crippen LogP contribution < -0.4 is 4.90 Å². The minimum absolute atomic E-state index is 0.297. The Morgan fingerprint density at radius 1 is 0.365 bits per heavy atom. The van der Waals surface area contributed by atoms with E-state index in [1.165, 1.54) is 0 Å². The lowest BCUT2D eigenvalue weighted by Crippen LogP contribution is -2.28. The van der Waals surface area contributed by atoms with Crippen LogP contribution >= 0.6 is 0 Å². The number of hydrogen-bond acceptors (Lipinski definition) is 1. The average molecular weight is 697 g/mol. The van der Waals surface area contributed by atoms with Gasteiger partial charge in [-0.1, -0.05) is 187 Å². The fourth-order valence-corrected chi connectivity index (χ4v) is 6.34. The van der Waals surface area contributed by atoms with Crippen molar-refractivity contribution in [3.05, 3.63) is 234 Å². The predicted octanol–water partition coefficient (Wildman–Crippen LogP) is 13.5. The second-order valence-corrected chi connectivity index (χ2v) is 11.0. The summed E-state index contributed by atoms with van der Waals surface area (Å²) < 4.78 is 323. The van der Waals surface area contributed by atoms with E-state index in [1.54, 1.807) is 0 Å². The SMILES string of the molecule is [2H]c1c([2H])c([2H])c(C2(c3c([2H])c([2H])c([2H])c([2H])c3[2H])c3c([2H])c([2H])c([2H])c([2H])c3-c3c(N(c4c([2H])c([2H])c(-c5c([2H])c([2H])c([2H])c6c([2H])c([2H])c([2H])c([2H])c56)c([2H])c4[2H])c4c([2H])c([2H])c([2H])c5c([2H])c([2H])c([2H])c([2H])c45)c([2H])c([2H])c([2H])c32)c([2H])c1[2H]. The molecule has 0 fully saturated rings. The lowest BCUT2D eigenvalue weighted by Gasteiger charge is -2.34. The van der Waals surface area contributed by atoms with Gasteiger partial charge in [0, 0.05) is 16.6 Å². The van der Waals surface area contributed by atoms with Crippen LogP contribution in [0, 0.1) is 0 Å². The Kier molecular flexibility index (Phi) is 2.63. The molecule has 0 amide bonds. The summed E-state index contributed by atoms with van der Waals surface area (Å²) in [6.07, 6.45) is 0. The van der Waals surface area contributed by atoms with Gasteiger partial charge in [-0.3, -0.25) is 0 Å². The van der Waals surface area contributed by atoms with Crippen molar-refractivity contribution < 1.29 is 48.0 Å². The highest BCUT2D eigenvalue weighted by atomic mass is 15.1. The Hall–Kier alpha value is -6.70. The first-order chi connectivity index (χ1) is 40.4. The van der Waals surface area contributed by atoms with E-state index in [-0.39, 0.29) is 0 Å². The van der Waals surface area contributed by atoms with Gasteiger partial charge in [-0.2, -0.15) is 0 Å². The van der Waals surface area contributed by atoms with E-state index in [0.717, 1.165) is 0 Å². The summed E-state index contributed by atoms with van der Waals surface area (Å²) in [6.45, 7) is 0. The van der Waals surface area contributed by atoms with Crippen LogP contribution in [0.3, 0.4) is 0 Å². The van der Waals surface area contributed by atoms with E-state index in [2.05, 4.69) is 0 Å². The molecule has 0 aromatic heterocycles. The molecule has 9 aromatic carbocycles. The predicted molar refractivity (Wildman–Crippen MR) is 219 cm³/mol. The highest BCUT2D eigenvalue weighted by Gasteiger charge is 2.47. The Bertz CT molecular complexity index is 4590. The standard InChI is InChI=1S/C51H35N/c1-3-20-39(21-4-1)51(40-22-5-2-6-23-40)46-28-12-11-26-45(46)50-47(51)29-15-31-49(50)52(48-30-14-19-37-17-8-10-25-44(37)48)41-34-32-38(33-35-41)43-27-13-18-36-16-7-9-24-42(36)43/h1-35H/i1D,2D,3D,4D,5D,6D,7D,8D,9D,10D,11D,12D,13D,14D,15D,16D,17D,18D,19D,20D,21D,22D,23D,24D,25D,26D,27D,28D,29D,30D,31D,32D,33D,34D,35D. The Morgan fingerprint density at radius 2 is 0.865 bits per heavy atom. The molecule has 0 aliphatic heterocycles. The molecular weight excluding hydrogens is 627 g/mol. The summed E-state index contributed by atoms with van der Waals surface area (Å²) in [7, 11) is 0. The van der Waals surface area contributed by atoms with Gasteiger partial charge in [-0.15, -0.1) is 0 Å². The maximum absolute atomic E-state index is 10.0. The molecule has 52 heavy (non-hydrogen) atoms. The van der Waals surface area contributed by atoms with Crippen LogP contribution in [-0.2, 0) is 5.41 Å². The molecule has 0 N–H and O–H groups in total. The number of benzene rings is 9. The van der Waals surface area contributed by atoms with Gasteiger partial charge in [0.25, 0.3) is 0 Å². The molecule has 0 saturated carbocycles. The zero-order chi connectivity index (χ0) is 64.9. The van der Waals surface area contributed by atoms with Crippen molar-refractivity contribution in [2.45, 2.75) is 5.41 Å². The van der Waals surface area contributed by atoms with E-state index < -0.39 is 300 Å². The minimum atomic E-state index is -3.51. The van der Waals surface area contributed by atoms with Gasteiger partial charge in [0.2, 0.25) is 0 Å². The Labute approximate surface area is 353 Å². The van der Waals surface area contributed by atoms with Crippen LogP contribution in [0.2, 0.25) is 0 Å². The largest absolute Gasteiger partial charge is 0.309 e. The first-order valence-corrected chi connectivity index (χ1v) is 15.2. The summed E-state index contributed by atoms with van der Waals surface area (Å²) in [4.78, 5) is 0.297. The molecule has 1 heteroatoms. The summed E-state index contributed by atoms with van der Waals surface area (Å²) >= 11 is 0. The molecule has 244 valence electrons. The molecule has 0 heterocycles. The Balaban J connectivity index is 1.58. The van der Waals surface area contributed by atoms with Gasteiger partial charge in [-0.25, -0.2) is 0 Å². The van der Waals surface area contributed by atoms with E-state index in [9.17, 15) is 21.9 Å². The van der Waals surface area contributed by atoms with Crippen LogP contribution in [-0.4, -0.2) is 0 Å². The number of anilines is 3. The number of rotatable bonds is 6. The van der Waals surface area contributed by atoms with Crippen molar-refractivity contribution in [2.24, 2.45) is 0 Å². The molecule has 0 bridgehead atoms. The molecule has 0 unspecified atom stereocenters. The van der Waals surface area contributed by atoms with Gasteiger partial charge in [0.05, 0.1) is 64.8 Å². The van der Waals surface area contributed by atoms with Gasteiger partial charge in [-0.05, 0) is 79.3 Å². The van der Waals surface area contributed by atoms with Gasteiger partial charge in [0.15, 0.2) is 0 Å². The topological polar surface area (TPSA) is 3.24 Å². The fourth-order valence-electron chi connectivity index (χ4n) is 6.34. The maximum Gasteiger partial charge on any atom is 0.0714 e. The molecule has 9 aromatic rings. The maximum atomic E-state index is 10.0. The highest BCUT2D eigenvalue weighted by molar-refractivity contribution is 6.04. The van der Waals surface area contributed by atoms with Crippen molar-refractivity contribution in [1.29, 1.82) is 0 Å². The summed E-state index contributed by atoms with van der Waals surface area (Å²) in [5.74, 6) is 0. The van der Waals surface area contributed by atoms with Gasteiger partial charge >= 0.3 is 0 Å². The molecule has 0 atom stereocenters. The quantitative estimate of drug-likeness (QED) is 0.167. The molecule has 1 aliphatic carbocycles. The molecule has 10 rings (SSSR count). The number of nitrogens with zero attached hydrogens (tertiary/aromatic N) is 1. The second-order valence-electron chi connectivity index (χ2n) is 11.0. The fraction of sp³-hybridized carbons (Fsp3) is 0.0196.